The summed E-state index contributed by atoms with van der Waals surface area (Å²) in [6.07, 6.45) is 16.6. The van der Waals surface area contributed by atoms with Crippen molar-refractivity contribution in [3.8, 4) is 0 Å². The van der Waals surface area contributed by atoms with Crippen molar-refractivity contribution in [3.63, 3.8) is 0 Å². The predicted molar refractivity (Wildman–Crippen MR) is 144 cm³/mol. The van der Waals surface area contributed by atoms with E-state index in [1.165, 1.54) is 51.4 Å². The third-order valence-corrected chi connectivity index (χ3v) is 10.4. The average molecular weight is 551 g/mol. The van der Waals surface area contributed by atoms with Gasteiger partial charge in [0.2, 0.25) is 5.79 Å². The van der Waals surface area contributed by atoms with Gasteiger partial charge in [-0.15, -0.1) is 0 Å². The molecule has 222 valence electrons. The number of carboxylic acid groups (broad SMARTS) is 2. The van der Waals surface area contributed by atoms with Crippen molar-refractivity contribution in [2.24, 2.45) is 47.3 Å². The van der Waals surface area contributed by atoms with Gasteiger partial charge in [0.1, 0.15) is 0 Å². The van der Waals surface area contributed by atoms with E-state index < -0.39 is 41.4 Å². The van der Waals surface area contributed by atoms with Crippen molar-refractivity contribution in [3.05, 3.63) is 0 Å². The quantitative estimate of drug-likeness (QED) is 0.135. The third-order valence-electron chi connectivity index (χ3n) is 10.4. The highest BCUT2D eigenvalue weighted by atomic mass is 17.2. The molecular formula is C31H50O8. The van der Waals surface area contributed by atoms with Crippen LogP contribution in [0.2, 0.25) is 0 Å². The van der Waals surface area contributed by atoms with E-state index in [2.05, 4.69) is 0 Å². The van der Waals surface area contributed by atoms with E-state index in [0.717, 1.165) is 32.1 Å². The van der Waals surface area contributed by atoms with Crippen molar-refractivity contribution >= 4 is 17.9 Å². The summed E-state index contributed by atoms with van der Waals surface area (Å²) in [6, 6.07) is 0. The number of ether oxygens (including phenoxy) is 1. The molecule has 6 atom stereocenters. The van der Waals surface area contributed by atoms with Crippen LogP contribution in [0.4, 0.5) is 0 Å². The maximum atomic E-state index is 13.1. The summed E-state index contributed by atoms with van der Waals surface area (Å²) in [4.78, 5) is 48.3. The van der Waals surface area contributed by atoms with E-state index in [4.69, 9.17) is 14.5 Å². The average Bonchev–Trinajstić information content (AvgIpc) is 2.93. The summed E-state index contributed by atoms with van der Waals surface area (Å²) in [7, 11) is 0. The maximum Gasteiger partial charge on any atom is 0.312 e. The van der Waals surface area contributed by atoms with Crippen LogP contribution in [0.5, 0.6) is 0 Å². The minimum atomic E-state index is -1.40. The van der Waals surface area contributed by atoms with Crippen LogP contribution in [-0.4, -0.2) is 40.5 Å². The van der Waals surface area contributed by atoms with Crippen LogP contribution in [0.25, 0.3) is 0 Å². The van der Waals surface area contributed by atoms with Gasteiger partial charge in [-0.05, 0) is 68.1 Å². The molecule has 0 heterocycles. The van der Waals surface area contributed by atoms with Gasteiger partial charge in [-0.25, -0.2) is 4.89 Å². The molecule has 0 aromatic rings. The van der Waals surface area contributed by atoms with Crippen LogP contribution >= 0.6 is 0 Å². The molecule has 2 N–H and O–H groups in total. The fraction of sp³-hybridized carbons (Fsp3) is 0.903. The summed E-state index contributed by atoms with van der Waals surface area (Å²) in [6.45, 7) is 3.27. The van der Waals surface area contributed by atoms with E-state index in [1.807, 2.05) is 0 Å². The molecule has 0 radical (unpaired) electrons. The van der Waals surface area contributed by atoms with Crippen LogP contribution < -0.4 is 0 Å². The number of carbonyl (C=O) groups is 3. The van der Waals surface area contributed by atoms with Crippen molar-refractivity contribution in [2.45, 2.75) is 122 Å². The Labute approximate surface area is 233 Å². The lowest BCUT2D eigenvalue weighted by molar-refractivity contribution is -0.413. The monoisotopic (exact) mass is 550 g/mol. The number of esters is 1. The van der Waals surface area contributed by atoms with E-state index in [0.29, 0.717) is 42.9 Å². The second kappa shape index (κ2) is 13.8. The first-order valence-corrected chi connectivity index (χ1v) is 15.6. The topological polar surface area (TPSA) is 119 Å². The van der Waals surface area contributed by atoms with Crippen LogP contribution in [0.15, 0.2) is 0 Å². The molecule has 39 heavy (non-hydrogen) atoms. The first-order valence-electron chi connectivity index (χ1n) is 15.6. The van der Waals surface area contributed by atoms with Gasteiger partial charge in [0.15, 0.2) is 0 Å². The van der Waals surface area contributed by atoms with Gasteiger partial charge in [0, 0.05) is 13.8 Å². The van der Waals surface area contributed by atoms with Crippen LogP contribution in [-0.2, 0) is 28.9 Å². The Hall–Kier alpha value is -1.67. The van der Waals surface area contributed by atoms with Crippen molar-refractivity contribution in [1.82, 2.24) is 0 Å². The first-order chi connectivity index (χ1) is 18.6. The maximum absolute atomic E-state index is 13.1. The zero-order chi connectivity index (χ0) is 28.0. The highest BCUT2D eigenvalue weighted by Crippen LogP contribution is 2.44. The van der Waals surface area contributed by atoms with Gasteiger partial charge in [-0.1, -0.05) is 64.2 Å². The summed E-state index contributed by atoms with van der Waals surface area (Å²) in [5.74, 6) is -3.70. The van der Waals surface area contributed by atoms with E-state index in [1.54, 1.807) is 13.8 Å². The standard InChI is InChI=1S/C31H50O8/c1-31(2,38-30(36)25-16-15-23(18-27(25)29(34)35)21-11-7-4-8-12-21)39-37-19-24-14-13-22(17-26(24)28(32)33)20-9-5-3-6-10-20/h20-27H,3-19H2,1-2H3,(H,32,33)(H,34,35). The molecule has 8 nitrogen and oxygen atoms in total. The summed E-state index contributed by atoms with van der Waals surface area (Å²) in [5, 5.41) is 19.8. The largest absolute Gasteiger partial charge is 0.481 e. The highest BCUT2D eigenvalue weighted by Gasteiger charge is 2.44. The molecule has 4 aliphatic rings. The van der Waals surface area contributed by atoms with Crippen molar-refractivity contribution in [1.29, 1.82) is 0 Å². The Kier molecular flexibility index (Phi) is 10.7. The number of hydrogen-bond donors (Lipinski definition) is 2. The minimum absolute atomic E-state index is 0.125. The number of hydrogen-bond acceptors (Lipinski definition) is 6. The lowest BCUT2D eigenvalue weighted by Crippen LogP contribution is -2.42. The van der Waals surface area contributed by atoms with Gasteiger partial charge in [-0.2, -0.15) is 4.89 Å². The Morgan fingerprint density at radius 2 is 1.15 bits per heavy atom. The summed E-state index contributed by atoms with van der Waals surface area (Å²) in [5.41, 5.74) is 0. The predicted octanol–water partition coefficient (Wildman–Crippen LogP) is 6.61. The van der Waals surface area contributed by atoms with Crippen LogP contribution in [0.1, 0.15) is 117 Å². The molecule has 0 aliphatic heterocycles. The van der Waals surface area contributed by atoms with Crippen molar-refractivity contribution in [2.75, 3.05) is 6.61 Å². The first kappa shape index (κ1) is 30.3. The molecule has 4 aliphatic carbocycles. The highest BCUT2D eigenvalue weighted by molar-refractivity contribution is 5.81. The van der Waals surface area contributed by atoms with Gasteiger partial charge in [0.25, 0.3) is 0 Å². The molecule has 4 rings (SSSR count). The van der Waals surface area contributed by atoms with Gasteiger partial charge in [-0.3, -0.25) is 14.4 Å². The Balaban J connectivity index is 1.25. The zero-order valence-corrected chi connectivity index (χ0v) is 24.0. The van der Waals surface area contributed by atoms with Gasteiger partial charge in [0.05, 0.1) is 24.4 Å². The van der Waals surface area contributed by atoms with E-state index >= 15 is 0 Å². The molecule has 0 aromatic heterocycles. The van der Waals surface area contributed by atoms with E-state index in [-0.39, 0.29) is 12.5 Å². The van der Waals surface area contributed by atoms with Crippen molar-refractivity contribution < 1.29 is 39.1 Å². The molecule has 0 saturated heterocycles. The molecular weight excluding hydrogens is 500 g/mol. The Bertz CT molecular complexity index is 828. The molecule has 0 spiro atoms. The molecule has 6 unspecified atom stereocenters. The lowest BCUT2D eigenvalue weighted by atomic mass is 9.67. The Morgan fingerprint density at radius 3 is 1.69 bits per heavy atom. The van der Waals surface area contributed by atoms with Gasteiger partial charge < -0.3 is 14.9 Å². The fourth-order valence-corrected chi connectivity index (χ4v) is 8.19. The normalized spacial score (nSPS) is 33.4. The Morgan fingerprint density at radius 1 is 0.641 bits per heavy atom. The zero-order valence-electron chi connectivity index (χ0n) is 24.0. The van der Waals surface area contributed by atoms with Crippen LogP contribution in [0, 0.1) is 47.3 Å². The molecule has 0 bridgehead atoms. The summed E-state index contributed by atoms with van der Waals surface area (Å²) >= 11 is 0. The number of carboxylic acids is 2. The molecule has 4 saturated carbocycles. The van der Waals surface area contributed by atoms with E-state index in [9.17, 15) is 24.6 Å². The third kappa shape index (κ3) is 8.18. The molecule has 4 fully saturated rings. The fourth-order valence-electron chi connectivity index (χ4n) is 8.19. The number of rotatable bonds is 10. The number of aliphatic carboxylic acids is 2. The molecule has 0 amide bonds. The molecule has 8 heteroatoms. The number of carbonyl (C=O) groups excluding carboxylic acids is 1. The van der Waals surface area contributed by atoms with Gasteiger partial charge >= 0.3 is 17.9 Å². The SMILES string of the molecule is CC(C)(OOCC1CCC(C2CCCCC2)CC1C(=O)O)OC(=O)C1CCC(C2CCCCC2)CC1C(=O)O. The lowest BCUT2D eigenvalue weighted by Gasteiger charge is -2.39. The van der Waals surface area contributed by atoms with Crippen LogP contribution in [0.3, 0.4) is 0 Å². The second-order valence-corrected chi connectivity index (χ2v) is 13.4. The smallest absolute Gasteiger partial charge is 0.312 e. The summed E-state index contributed by atoms with van der Waals surface area (Å²) < 4.78 is 5.63. The second-order valence-electron chi connectivity index (χ2n) is 13.4. The minimum Gasteiger partial charge on any atom is -0.481 e. The molecule has 0 aromatic carbocycles.